The van der Waals surface area contributed by atoms with Crippen LogP contribution >= 0.6 is 0 Å². The molecule has 3 N–H and O–H groups in total. The third-order valence-corrected chi connectivity index (χ3v) is 4.96. The average molecular weight is 316 g/mol. The van der Waals surface area contributed by atoms with Crippen molar-refractivity contribution < 1.29 is 19.3 Å². The third-order valence-electron chi connectivity index (χ3n) is 4.96. The van der Waals surface area contributed by atoms with Crippen LogP contribution in [0, 0.1) is 12.8 Å². The Hall–Kier alpha value is -2.21. The summed E-state index contributed by atoms with van der Waals surface area (Å²) >= 11 is 0. The summed E-state index contributed by atoms with van der Waals surface area (Å²) < 4.78 is 0. The Balaban J connectivity index is 1.72. The highest BCUT2D eigenvalue weighted by atomic mass is 16.2. The van der Waals surface area contributed by atoms with E-state index in [1.807, 2.05) is 31.2 Å². The second-order valence-corrected chi connectivity index (χ2v) is 6.49. The molecule has 1 atom stereocenters. The molecular weight excluding hydrogens is 294 g/mol. The maximum atomic E-state index is 12.7. The molecule has 1 aromatic rings. The smallest absolute Gasteiger partial charge is 0.292 e. The van der Waals surface area contributed by atoms with Gasteiger partial charge in [-0.05, 0) is 19.1 Å². The molecule has 0 saturated carbocycles. The zero-order chi connectivity index (χ0) is 16.6. The summed E-state index contributed by atoms with van der Waals surface area (Å²) in [4.78, 5) is 38.7. The number of hydrogen-bond acceptors (Lipinski definition) is 3. The highest BCUT2D eigenvalue weighted by Gasteiger charge is 2.46. The number of imide groups is 1. The van der Waals surface area contributed by atoms with Crippen LogP contribution in [0.25, 0.3) is 0 Å². The fourth-order valence-electron chi connectivity index (χ4n) is 3.54. The number of likely N-dealkylation sites (tertiary alicyclic amines) is 1. The molecule has 2 aliphatic heterocycles. The number of nitrogens with zero attached hydrogens (tertiary/aromatic N) is 1. The standard InChI is InChI=1S/C17H21N3O3/c1-11-2-4-13(5-3-11)20-15(21)10-14(17(20)23)19-8-6-12(7-9-19)16(18)22/h2-5,12,14H,6-10H2,1H3,(H2,18,22)/p+1/t14-/m1/s1. The van der Waals surface area contributed by atoms with Crippen LogP contribution in [-0.2, 0) is 14.4 Å². The van der Waals surface area contributed by atoms with Crippen LogP contribution < -0.4 is 15.5 Å². The first-order chi connectivity index (χ1) is 11.0. The molecule has 122 valence electrons. The minimum absolute atomic E-state index is 0.0980. The SMILES string of the molecule is Cc1ccc(N2C(=O)C[C@@H]([NH+]3CCC(C(N)=O)CC3)C2=O)cc1. The van der Waals surface area contributed by atoms with Crippen LogP contribution in [0.1, 0.15) is 24.8 Å². The number of primary amides is 1. The van der Waals surface area contributed by atoms with E-state index in [2.05, 4.69) is 0 Å². The summed E-state index contributed by atoms with van der Waals surface area (Å²) in [7, 11) is 0. The summed E-state index contributed by atoms with van der Waals surface area (Å²) in [5.74, 6) is -0.641. The van der Waals surface area contributed by atoms with Crippen LogP contribution in [0.4, 0.5) is 5.69 Å². The van der Waals surface area contributed by atoms with Gasteiger partial charge in [0.25, 0.3) is 5.91 Å². The lowest BCUT2D eigenvalue weighted by Gasteiger charge is -2.30. The first-order valence-corrected chi connectivity index (χ1v) is 8.04. The Labute approximate surface area is 135 Å². The molecule has 2 saturated heterocycles. The van der Waals surface area contributed by atoms with E-state index in [1.54, 1.807) is 0 Å². The molecule has 3 rings (SSSR count). The Morgan fingerprint density at radius 2 is 1.78 bits per heavy atom. The van der Waals surface area contributed by atoms with Crippen molar-refractivity contribution in [3.8, 4) is 0 Å². The van der Waals surface area contributed by atoms with Gasteiger partial charge in [-0.2, -0.15) is 0 Å². The van der Waals surface area contributed by atoms with Crippen molar-refractivity contribution >= 4 is 23.4 Å². The van der Waals surface area contributed by atoms with Gasteiger partial charge in [-0.25, -0.2) is 4.90 Å². The average Bonchev–Trinajstić information content (AvgIpc) is 2.83. The minimum Gasteiger partial charge on any atom is -0.369 e. The molecular formula is C17H22N3O3+. The van der Waals surface area contributed by atoms with Gasteiger partial charge in [-0.1, -0.05) is 17.7 Å². The van der Waals surface area contributed by atoms with Gasteiger partial charge in [-0.3, -0.25) is 14.4 Å². The van der Waals surface area contributed by atoms with Crippen LogP contribution in [0.3, 0.4) is 0 Å². The van der Waals surface area contributed by atoms with Crippen molar-refractivity contribution in [2.45, 2.75) is 32.2 Å². The molecule has 0 radical (unpaired) electrons. The predicted molar refractivity (Wildman–Crippen MR) is 84.7 cm³/mol. The monoisotopic (exact) mass is 316 g/mol. The molecule has 0 spiro atoms. The lowest BCUT2D eigenvalue weighted by molar-refractivity contribution is -0.920. The lowest BCUT2D eigenvalue weighted by Crippen LogP contribution is -3.17. The number of nitrogens with two attached hydrogens (primary N) is 1. The molecule has 0 aliphatic carbocycles. The van der Waals surface area contributed by atoms with Crippen LogP contribution in [0.5, 0.6) is 0 Å². The zero-order valence-electron chi connectivity index (χ0n) is 13.2. The molecule has 23 heavy (non-hydrogen) atoms. The number of hydrogen-bond donors (Lipinski definition) is 2. The van der Waals surface area contributed by atoms with E-state index in [0.29, 0.717) is 31.6 Å². The van der Waals surface area contributed by atoms with Crippen molar-refractivity contribution in [3.05, 3.63) is 29.8 Å². The van der Waals surface area contributed by atoms with Gasteiger partial charge in [-0.15, -0.1) is 0 Å². The number of carbonyl (C=O) groups excluding carboxylic acids is 3. The highest BCUT2D eigenvalue weighted by Crippen LogP contribution is 2.22. The van der Waals surface area contributed by atoms with Gasteiger partial charge < -0.3 is 10.6 Å². The van der Waals surface area contributed by atoms with Crippen molar-refractivity contribution in [2.24, 2.45) is 11.7 Å². The number of amides is 3. The second kappa shape index (κ2) is 6.12. The first kappa shape index (κ1) is 15.7. The molecule has 2 heterocycles. The quantitative estimate of drug-likeness (QED) is 0.731. The topological polar surface area (TPSA) is 84.9 Å². The van der Waals surface area contributed by atoms with E-state index in [0.717, 1.165) is 10.5 Å². The number of benzene rings is 1. The number of rotatable bonds is 3. The van der Waals surface area contributed by atoms with E-state index in [-0.39, 0.29) is 36.1 Å². The van der Waals surface area contributed by atoms with Crippen LogP contribution in [-0.4, -0.2) is 36.9 Å². The fraction of sp³-hybridized carbons (Fsp3) is 0.471. The Kier molecular flexibility index (Phi) is 4.17. The van der Waals surface area contributed by atoms with E-state index in [4.69, 9.17) is 5.73 Å². The second-order valence-electron chi connectivity index (χ2n) is 6.49. The number of quaternary nitrogens is 1. The molecule has 6 heteroatoms. The molecule has 2 fully saturated rings. The summed E-state index contributed by atoms with van der Waals surface area (Å²) in [6.45, 7) is 3.38. The number of nitrogens with one attached hydrogen (secondary N) is 1. The zero-order valence-corrected chi connectivity index (χ0v) is 13.2. The fourth-order valence-corrected chi connectivity index (χ4v) is 3.54. The van der Waals surface area contributed by atoms with E-state index in [9.17, 15) is 14.4 Å². The molecule has 1 aromatic carbocycles. The third kappa shape index (κ3) is 2.99. The molecule has 0 aromatic heterocycles. The van der Waals surface area contributed by atoms with Crippen molar-refractivity contribution in [1.82, 2.24) is 0 Å². The minimum atomic E-state index is -0.336. The van der Waals surface area contributed by atoms with Crippen molar-refractivity contribution in [1.29, 1.82) is 0 Å². The van der Waals surface area contributed by atoms with Crippen molar-refractivity contribution in [2.75, 3.05) is 18.0 Å². The highest BCUT2D eigenvalue weighted by molar-refractivity contribution is 6.21. The van der Waals surface area contributed by atoms with E-state index >= 15 is 0 Å². The van der Waals surface area contributed by atoms with E-state index in [1.165, 1.54) is 4.90 Å². The van der Waals surface area contributed by atoms with Crippen molar-refractivity contribution in [3.63, 3.8) is 0 Å². The van der Waals surface area contributed by atoms with Crippen LogP contribution in [0.2, 0.25) is 0 Å². The van der Waals surface area contributed by atoms with Gasteiger partial charge in [0.15, 0.2) is 6.04 Å². The van der Waals surface area contributed by atoms with Gasteiger partial charge in [0.05, 0.1) is 25.2 Å². The summed E-state index contributed by atoms with van der Waals surface area (Å²) in [6, 6.07) is 7.07. The Morgan fingerprint density at radius 1 is 1.17 bits per heavy atom. The van der Waals surface area contributed by atoms with Gasteiger partial charge >= 0.3 is 0 Å². The summed E-state index contributed by atoms with van der Waals surface area (Å²) in [6.07, 6.45) is 1.61. The molecule has 0 bridgehead atoms. The maximum Gasteiger partial charge on any atom is 0.292 e. The molecule has 6 nitrogen and oxygen atoms in total. The number of aryl methyl sites for hydroxylation is 1. The molecule has 0 unspecified atom stereocenters. The molecule has 2 aliphatic rings. The number of anilines is 1. The largest absolute Gasteiger partial charge is 0.369 e. The Morgan fingerprint density at radius 3 is 2.35 bits per heavy atom. The normalized spacial score (nSPS) is 28.2. The lowest BCUT2D eigenvalue weighted by atomic mass is 9.95. The first-order valence-electron chi connectivity index (χ1n) is 8.04. The maximum absolute atomic E-state index is 12.7. The predicted octanol–water partition coefficient (Wildman–Crippen LogP) is -0.593. The molecule has 3 amide bonds. The van der Waals surface area contributed by atoms with Gasteiger partial charge in [0.1, 0.15) is 0 Å². The number of piperidine rings is 1. The Bertz CT molecular complexity index is 633. The summed E-state index contributed by atoms with van der Waals surface area (Å²) in [5.41, 5.74) is 7.07. The number of carbonyl (C=O) groups is 3. The van der Waals surface area contributed by atoms with Gasteiger partial charge in [0.2, 0.25) is 11.8 Å². The van der Waals surface area contributed by atoms with Gasteiger partial charge in [0, 0.05) is 18.8 Å². The van der Waals surface area contributed by atoms with Crippen LogP contribution in [0.15, 0.2) is 24.3 Å². The van der Waals surface area contributed by atoms with E-state index < -0.39 is 0 Å². The summed E-state index contributed by atoms with van der Waals surface area (Å²) in [5, 5.41) is 0.